The van der Waals surface area contributed by atoms with E-state index in [0.717, 1.165) is 5.56 Å². The molecule has 2 N–H and O–H groups in total. The van der Waals surface area contributed by atoms with Gasteiger partial charge in [0.25, 0.3) is 0 Å². The van der Waals surface area contributed by atoms with Crippen molar-refractivity contribution in [3.05, 3.63) is 48.3 Å². The number of anilines is 2. The minimum Gasteiger partial charge on any atom is -0.318 e. The summed E-state index contributed by atoms with van der Waals surface area (Å²) in [5.41, 5.74) is 1.55. The molecule has 0 aliphatic carbocycles. The van der Waals surface area contributed by atoms with Gasteiger partial charge >= 0.3 is 11.8 Å². The molecule has 1 aromatic carbocycles. The normalized spacial score (nSPS) is 9.74. The molecule has 0 fully saturated rings. The maximum atomic E-state index is 11.6. The first kappa shape index (κ1) is 12.7. The first-order valence-electron chi connectivity index (χ1n) is 5.61. The van der Waals surface area contributed by atoms with Gasteiger partial charge in [-0.2, -0.15) is 0 Å². The van der Waals surface area contributed by atoms with Gasteiger partial charge in [0.2, 0.25) is 5.95 Å². The van der Waals surface area contributed by atoms with Crippen molar-refractivity contribution in [1.29, 1.82) is 0 Å². The van der Waals surface area contributed by atoms with Crippen LogP contribution in [0.3, 0.4) is 0 Å². The predicted octanol–water partition coefficient (Wildman–Crippen LogP) is 1.36. The van der Waals surface area contributed by atoms with Crippen LogP contribution in [0.1, 0.15) is 5.56 Å². The molecule has 2 aromatic rings. The zero-order chi connectivity index (χ0) is 13.7. The molecule has 0 aliphatic heterocycles. The number of aryl methyl sites for hydroxylation is 1. The van der Waals surface area contributed by atoms with E-state index in [2.05, 4.69) is 20.6 Å². The van der Waals surface area contributed by atoms with E-state index in [4.69, 9.17) is 0 Å². The molecule has 0 saturated carbocycles. The minimum atomic E-state index is -0.812. The zero-order valence-corrected chi connectivity index (χ0v) is 10.3. The Morgan fingerprint density at radius 2 is 1.68 bits per heavy atom. The molecule has 1 heterocycles. The molecule has 19 heavy (non-hydrogen) atoms. The number of hydrogen-bond acceptors (Lipinski definition) is 4. The maximum absolute atomic E-state index is 11.6. The fourth-order valence-electron chi connectivity index (χ4n) is 1.43. The summed E-state index contributed by atoms with van der Waals surface area (Å²) in [4.78, 5) is 30.8. The molecular formula is C13H12N4O2. The van der Waals surface area contributed by atoms with Gasteiger partial charge in [0.1, 0.15) is 0 Å². The SMILES string of the molecule is Cc1cccc(NC(=O)C(=O)Nc2ncccn2)c1. The third-order valence-corrected chi connectivity index (χ3v) is 2.27. The summed E-state index contributed by atoms with van der Waals surface area (Å²) in [5, 5.41) is 4.80. The van der Waals surface area contributed by atoms with E-state index in [1.807, 2.05) is 13.0 Å². The van der Waals surface area contributed by atoms with Crippen molar-refractivity contribution in [2.75, 3.05) is 10.6 Å². The van der Waals surface area contributed by atoms with Crippen molar-refractivity contribution in [1.82, 2.24) is 9.97 Å². The smallest absolute Gasteiger partial charge is 0.316 e. The van der Waals surface area contributed by atoms with Crippen LogP contribution in [0.4, 0.5) is 11.6 Å². The molecule has 0 unspecified atom stereocenters. The topological polar surface area (TPSA) is 84.0 Å². The summed E-state index contributed by atoms with van der Waals surface area (Å²) in [7, 11) is 0. The van der Waals surface area contributed by atoms with Crippen LogP contribution >= 0.6 is 0 Å². The highest BCUT2D eigenvalue weighted by molar-refractivity contribution is 6.43. The van der Waals surface area contributed by atoms with Crippen LogP contribution in [-0.2, 0) is 9.59 Å². The lowest BCUT2D eigenvalue weighted by Gasteiger charge is -2.05. The summed E-state index contributed by atoms with van der Waals surface area (Å²) < 4.78 is 0. The maximum Gasteiger partial charge on any atom is 0.316 e. The average Bonchev–Trinajstić information content (AvgIpc) is 2.40. The third kappa shape index (κ3) is 3.60. The minimum absolute atomic E-state index is 0.0897. The fourth-order valence-corrected chi connectivity index (χ4v) is 1.43. The number of carbonyl (C=O) groups is 2. The van der Waals surface area contributed by atoms with Gasteiger partial charge in [-0.1, -0.05) is 12.1 Å². The van der Waals surface area contributed by atoms with E-state index in [9.17, 15) is 9.59 Å². The highest BCUT2D eigenvalue weighted by Gasteiger charge is 2.14. The zero-order valence-electron chi connectivity index (χ0n) is 10.3. The Labute approximate surface area is 109 Å². The lowest BCUT2D eigenvalue weighted by atomic mass is 10.2. The van der Waals surface area contributed by atoms with Crippen LogP contribution in [0.5, 0.6) is 0 Å². The molecule has 96 valence electrons. The molecule has 0 spiro atoms. The number of benzene rings is 1. The van der Waals surface area contributed by atoms with Crippen LogP contribution < -0.4 is 10.6 Å². The Morgan fingerprint density at radius 3 is 2.37 bits per heavy atom. The van der Waals surface area contributed by atoms with Crippen molar-refractivity contribution in [2.24, 2.45) is 0 Å². The molecule has 0 atom stereocenters. The summed E-state index contributed by atoms with van der Waals surface area (Å²) >= 11 is 0. The Morgan fingerprint density at radius 1 is 1.00 bits per heavy atom. The van der Waals surface area contributed by atoms with Crippen LogP contribution in [-0.4, -0.2) is 21.8 Å². The van der Waals surface area contributed by atoms with Gasteiger partial charge in [-0.05, 0) is 30.7 Å². The molecule has 0 radical (unpaired) electrons. The first-order chi connectivity index (χ1) is 9.15. The average molecular weight is 256 g/mol. The fraction of sp³-hybridized carbons (Fsp3) is 0.0769. The highest BCUT2D eigenvalue weighted by atomic mass is 16.2. The summed E-state index contributed by atoms with van der Waals surface area (Å²) in [6.07, 6.45) is 2.95. The Bertz CT molecular complexity index is 599. The van der Waals surface area contributed by atoms with Gasteiger partial charge in [0.05, 0.1) is 0 Å². The van der Waals surface area contributed by atoms with E-state index in [0.29, 0.717) is 5.69 Å². The summed E-state index contributed by atoms with van der Waals surface area (Å²) in [6, 6.07) is 8.78. The Kier molecular flexibility index (Phi) is 3.82. The molecule has 0 aliphatic rings. The third-order valence-electron chi connectivity index (χ3n) is 2.27. The van der Waals surface area contributed by atoms with Crippen LogP contribution in [0.2, 0.25) is 0 Å². The van der Waals surface area contributed by atoms with E-state index < -0.39 is 11.8 Å². The van der Waals surface area contributed by atoms with E-state index in [1.165, 1.54) is 12.4 Å². The monoisotopic (exact) mass is 256 g/mol. The van der Waals surface area contributed by atoms with Crippen LogP contribution in [0.25, 0.3) is 0 Å². The van der Waals surface area contributed by atoms with Crippen molar-refractivity contribution in [3.63, 3.8) is 0 Å². The van der Waals surface area contributed by atoms with Gasteiger partial charge in [-0.15, -0.1) is 0 Å². The second-order valence-electron chi connectivity index (χ2n) is 3.85. The van der Waals surface area contributed by atoms with Crippen LogP contribution in [0, 0.1) is 6.92 Å². The Hall–Kier alpha value is -2.76. The van der Waals surface area contributed by atoms with E-state index in [1.54, 1.807) is 24.3 Å². The summed E-state index contributed by atoms with van der Waals surface area (Å²) in [6.45, 7) is 1.90. The van der Waals surface area contributed by atoms with Gasteiger partial charge in [0, 0.05) is 18.1 Å². The lowest BCUT2D eigenvalue weighted by Crippen LogP contribution is -2.29. The number of aromatic nitrogens is 2. The van der Waals surface area contributed by atoms with Gasteiger partial charge in [-0.25, -0.2) is 9.97 Å². The molecule has 6 nitrogen and oxygen atoms in total. The first-order valence-corrected chi connectivity index (χ1v) is 5.61. The van der Waals surface area contributed by atoms with Crippen molar-refractivity contribution in [2.45, 2.75) is 6.92 Å². The van der Waals surface area contributed by atoms with Crippen molar-refractivity contribution in [3.8, 4) is 0 Å². The van der Waals surface area contributed by atoms with Gasteiger partial charge < -0.3 is 5.32 Å². The molecule has 0 bridgehead atoms. The number of rotatable bonds is 2. The van der Waals surface area contributed by atoms with E-state index >= 15 is 0 Å². The van der Waals surface area contributed by atoms with Crippen molar-refractivity contribution >= 4 is 23.5 Å². The largest absolute Gasteiger partial charge is 0.318 e. The number of amides is 2. The molecule has 6 heteroatoms. The molecule has 0 saturated heterocycles. The van der Waals surface area contributed by atoms with Crippen molar-refractivity contribution < 1.29 is 9.59 Å². The second kappa shape index (κ2) is 5.72. The van der Waals surface area contributed by atoms with E-state index in [-0.39, 0.29) is 5.95 Å². The number of nitrogens with zero attached hydrogens (tertiary/aromatic N) is 2. The quantitative estimate of drug-likeness (QED) is 0.795. The lowest BCUT2D eigenvalue weighted by molar-refractivity contribution is -0.133. The number of nitrogens with one attached hydrogen (secondary N) is 2. The molecule has 2 rings (SSSR count). The highest BCUT2D eigenvalue weighted by Crippen LogP contribution is 2.09. The van der Waals surface area contributed by atoms with Crippen LogP contribution in [0.15, 0.2) is 42.7 Å². The second-order valence-corrected chi connectivity index (χ2v) is 3.85. The van der Waals surface area contributed by atoms with Gasteiger partial charge in [0.15, 0.2) is 0 Å². The molecule has 1 aromatic heterocycles. The standard InChI is InChI=1S/C13H12N4O2/c1-9-4-2-5-10(8-9)16-11(18)12(19)17-13-14-6-3-7-15-13/h2-8H,1H3,(H,16,18)(H,14,15,17,19). The number of hydrogen-bond donors (Lipinski definition) is 2. The molecule has 2 amide bonds. The Balaban J connectivity index is 1.98. The number of carbonyl (C=O) groups excluding carboxylic acids is 2. The summed E-state index contributed by atoms with van der Waals surface area (Å²) in [5.74, 6) is -1.49. The molecular weight excluding hydrogens is 244 g/mol. The predicted molar refractivity (Wildman–Crippen MR) is 70.5 cm³/mol. The van der Waals surface area contributed by atoms with Gasteiger partial charge in [-0.3, -0.25) is 14.9 Å².